The number of para-hydroxylation sites is 1. The Balaban J connectivity index is 1.98. The summed E-state index contributed by atoms with van der Waals surface area (Å²) in [6.45, 7) is 2.31. The monoisotopic (exact) mass is 322 g/mol. The van der Waals surface area contributed by atoms with Crippen LogP contribution in [0.1, 0.15) is 58.3 Å². The highest BCUT2D eigenvalue weighted by atomic mass is 16.5. The summed E-state index contributed by atoms with van der Waals surface area (Å²) in [5.41, 5.74) is 0. The molecule has 0 saturated heterocycles. The van der Waals surface area contributed by atoms with Gasteiger partial charge in [0.25, 0.3) is 0 Å². The van der Waals surface area contributed by atoms with Gasteiger partial charge in [-0.3, -0.25) is 4.79 Å². The van der Waals surface area contributed by atoms with Crippen molar-refractivity contribution in [2.24, 2.45) is 0 Å². The highest BCUT2D eigenvalue weighted by Crippen LogP contribution is 2.10. The van der Waals surface area contributed by atoms with Gasteiger partial charge in [0.2, 0.25) is 0 Å². The van der Waals surface area contributed by atoms with Crippen LogP contribution < -0.4 is 4.74 Å². The first-order chi connectivity index (χ1) is 11.2. The van der Waals surface area contributed by atoms with E-state index in [1.165, 1.54) is 32.1 Å². The summed E-state index contributed by atoms with van der Waals surface area (Å²) < 4.78 is 10.5. The predicted molar refractivity (Wildman–Crippen MR) is 91.5 cm³/mol. The molecular formula is C19H30O4. The van der Waals surface area contributed by atoms with Crippen LogP contribution in [0.5, 0.6) is 5.75 Å². The lowest BCUT2D eigenvalue weighted by Gasteiger charge is -2.12. The molecule has 130 valence electrons. The summed E-state index contributed by atoms with van der Waals surface area (Å²) in [6, 6.07) is 9.27. The molecule has 0 heterocycles. The van der Waals surface area contributed by atoms with Crippen LogP contribution in [-0.2, 0) is 9.53 Å². The molecule has 1 N–H and O–H groups in total. The van der Waals surface area contributed by atoms with E-state index in [1.54, 1.807) is 0 Å². The van der Waals surface area contributed by atoms with E-state index in [1.807, 2.05) is 30.3 Å². The Hall–Kier alpha value is -1.55. The molecule has 1 aromatic carbocycles. The van der Waals surface area contributed by atoms with Crippen LogP contribution in [0.3, 0.4) is 0 Å². The van der Waals surface area contributed by atoms with Gasteiger partial charge >= 0.3 is 5.97 Å². The van der Waals surface area contributed by atoms with Crippen molar-refractivity contribution in [2.75, 3.05) is 13.2 Å². The van der Waals surface area contributed by atoms with Crippen molar-refractivity contribution >= 4 is 5.97 Å². The maximum absolute atomic E-state index is 11.6. The Bertz CT molecular complexity index is 405. The minimum Gasteiger partial charge on any atom is -0.491 e. The van der Waals surface area contributed by atoms with Crippen molar-refractivity contribution < 1.29 is 19.4 Å². The summed E-state index contributed by atoms with van der Waals surface area (Å²) >= 11 is 0. The van der Waals surface area contributed by atoms with Crippen molar-refractivity contribution in [3.8, 4) is 5.75 Å². The smallest absolute Gasteiger partial charge is 0.305 e. The third-order valence-corrected chi connectivity index (χ3v) is 3.61. The molecule has 0 aliphatic rings. The summed E-state index contributed by atoms with van der Waals surface area (Å²) in [7, 11) is 0. The van der Waals surface area contributed by atoms with Crippen molar-refractivity contribution in [3.63, 3.8) is 0 Å². The highest BCUT2D eigenvalue weighted by Gasteiger charge is 2.09. The number of ether oxygens (including phenoxy) is 2. The molecule has 0 radical (unpaired) electrons. The average molecular weight is 322 g/mol. The SMILES string of the molecule is CCCCCCCCCC(=O)OCC(O)COc1ccccc1. The minimum atomic E-state index is -0.798. The maximum Gasteiger partial charge on any atom is 0.305 e. The van der Waals surface area contributed by atoms with E-state index in [2.05, 4.69) is 6.92 Å². The van der Waals surface area contributed by atoms with Gasteiger partial charge in [0, 0.05) is 6.42 Å². The standard InChI is InChI=1S/C19H30O4/c1-2-3-4-5-6-7-11-14-19(21)23-16-17(20)15-22-18-12-9-8-10-13-18/h8-10,12-13,17,20H,2-7,11,14-16H2,1H3. The molecule has 0 aliphatic heterocycles. The summed E-state index contributed by atoms with van der Waals surface area (Å²) in [4.78, 5) is 11.6. The molecule has 23 heavy (non-hydrogen) atoms. The van der Waals surface area contributed by atoms with Crippen molar-refractivity contribution in [2.45, 2.75) is 64.4 Å². The third kappa shape index (κ3) is 10.7. The van der Waals surface area contributed by atoms with E-state index in [0.29, 0.717) is 12.2 Å². The number of unbranched alkanes of at least 4 members (excludes halogenated alkanes) is 6. The Labute approximate surface area is 139 Å². The number of carbonyl (C=O) groups excluding carboxylic acids is 1. The molecule has 4 heteroatoms. The number of carbonyl (C=O) groups is 1. The number of hydrogen-bond donors (Lipinski definition) is 1. The highest BCUT2D eigenvalue weighted by molar-refractivity contribution is 5.69. The number of aliphatic hydroxyl groups excluding tert-OH is 1. The third-order valence-electron chi connectivity index (χ3n) is 3.61. The van der Waals surface area contributed by atoms with Crippen LogP contribution in [0.15, 0.2) is 30.3 Å². The zero-order chi connectivity index (χ0) is 16.8. The lowest BCUT2D eigenvalue weighted by molar-refractivity contribution is -0.147. The van der Waals surface area contributed by atoms with Gasteiger partial charge in [-0.05, 0) is 18.6 Å². The fraction of sp³-hybridized carbons (Fsp3) is 0.632. The summed E-state index contributed by atoms with van der Waals surface area (Å²) in [6.07, 6.45) is 7.83. The van der Waals surface area contributed by atoms with Crippen molar-refractivity contribution in [3.05, 3.63) is 30.3 Å². The zero-order valence-corrected chi connectivity index (χ0v) is 14.2. The molecule has 0 bridgehead atoms. The molecule has 0 saturated carbocycles. The quantitative estimate of drug-likeness (QED) is 0.438. The van der Waals surface area contributed by atoms with E-state index < -0.39 is 6.10 Å². The van der Waals surface area contributed by atoms with Crippen molar-refractivity contribution in [1.82, 2.24) is 0 Å². The van der Waals surface area contributed by atoms with Gasteiger partial charge in [0.05, 0.1) is 0 Å². The van der Waals surface area contributed by atoms with E-state index in [4.69, 9.17) is 9.47 Å². The normalized spacial score (nSPS) is 11.9. The largest absolute Gasteiger partial charge is 0.491 e. The van der Waals surface area contributed by atoms with E-state index in [0.717, 1.165) is 12.8 Å². The molecule has 1 rings (SSSR count). The predicted octanol–water partition coefficient (Wildman–Crippen LogP) is 4.11. The average Bonchev–Trinajstić information content (AvgIpc) is 2.58. The lowest BCUT2D eigenvalue weighted by atomic mass is 10.1. The Kier molecular flexibility index (Phi) is 11.0. The van der Waals surface area contributed by atoms with Crippen LogP contribution in [-0.4, -0.2) is 30.4 Å². The molecule has 0 amide bonds. The number of aliphatic hydroxyl groups is 1. The Morgan fingerprint density at radius 3 is 2.35 bits per heavy atom. The van der Waals surface area contributed by atoms with Crippen LogP contribution in [0.4, 0.5) is 0 Å². The molecule has 0 fully saturated rings. The number of hydrogen-bond acceptors (Lipinski definition) is 4. The number of rotatable bonds is 13. The summed E-state index contributed by atoms with van der Waals surface area (Å²) in [5, 5.41) is 9.75. The molecule has 0 aliphatic carbocycles. The van der Waals surface area contributed by atoms with Crippen LogP contribution in [0.25, 0.3) is 0 Å². The van der Waals surface area contributed by atoms with Crippen molar-refractivity contribution in [1.29, 1.82) is 0 Å². The first kappa shape index (κ1) is 19.5. The van der Waals surface area contributed by atoms with Gasteiger partial charge in [-0.2, -0.15) is 0 Å². The molecule has 4 nitrogen and oxygen atoms in total. The molecular weight excluding hydrogens is 292 g/mol. The van der Waals surface area contributed by atoms with Gasteiger partial charge < -0.3 is 14.6 Å². The first-order valence-corrected chi connectivity index (χ1v) is 8.74. The Morgan fingerprint density at radius 2 is 1.65 bits per heavy atom. The molecule has 0 spiro atoms. The van der Waals surface area contributed by atoms with E-state index >= 15 is 0 Å². The number of benzene rings is 1. The second-order valence-corrected chi connectivity index (χ2v) is 5.83. The zero-order valence-electron chi connectivity index (χ0n) is 14.2. The van der Waals surface area contributed by atoms with Crippen LogP contribution >= 0.6 is 0 Å². The molecule has 1 unspecified atom stereocenters. The molecule has 0 aromatic heterocycles. The molecule has 1 aromatic rings. The van der Waals surface area contributed by atoms with E-state index in [9.17, 15) is 9.90 Å². The van der Waals surface area contributed by atoms with E-state index in [-0.39, 0.29) is 19.2 Å². The summed E-state index contributed by atoms with van der Waals surface area (Å²) in [5.74, 6) is 0.457. The first-order valence-electron chi connectivity index (χ1n) is 8.74. The topological polar surface area (TPSA) is 55.8 Å². The van der Waals surface area contributed by atoms with Crippen LogP contribution in [0, 0.1) is 0 Å². The van der Waals surface area contributed by atoms with Crippen LogP contribution in [0.2, 0.25) is 0 Å². The molecule has 1 atom stereocenters. The second kappa shape index (κ2) is 12.9. The fourth-order valence-electron chi connectivity index (χ4n) is 2.25. The fourth-order valence-corrected chi connectivity index (χ4v) is 2.25. The van der Waals surface area contributed by atoms with Gasteiger partial charge in [0.15, 0.2) is 0 Å². The minimum absolute atomic E-state index is 0.0117. The maximum atomic E-state index is 11.6. The van der Waals surface area contributed by atoms with Gasteiger partial charge in [-0.1, -0.05) is 63.6 Å². The number of esters is 1. The van der Waals surface area contributed by atoms with Gasteiger partial charge in [-0.25, -0.2) is 0 Å². The lowest BCUT2D eigenvalue weighted by Crippen LogP contribution is -2.25. The Morgan fingerprint density at radius 1 is 1.00 bits per heavy atom. The second-order valence-electron chi connectivity index (χ2n) is 5.83. The van der Waals surface area contributed by atoms with Gasteiger partial charge in [-0.15, -0.1) is 0 Å². The van der Waals surface area contributed by atoms with Gasteiger partial charge in [0.1, 0.15) is 25.1 Å².